The summed E-state index contributed by atoms with van der Waals surface area (Å²) in [6.45, 7) is 9.44. The maximum atomic E-state index is 13.2. The standard InChI is InChI=1S/C29H36ClN7O4S/c1-18-13-20(14-21(30)27(18)41-3)26-23(17-37-7-4-5-19(37)2)42-29(33-26)34-28(40)22-15-32-24(16-31-22)36-11-9-35(10-12-36)8-6-25(38)39/h13-16,19H,4-12,17H2,1-3H3,(H,38,39)(H,33,34,40). The molecule has 1 amide bonds. The van der Waals surface area contributed by atoms with Crippen LogP contribution in [0.5, 0.6) is 5.75 Å². The number of nitrogens with one attached hydrogen (secondary N) is 1. The van der Waals surface area contributed by atoms with Gasteiger partial charge in [0.1, 0.15) is 17.3 Å². The van der Waals surface area contributed by atoms with E-state index in [0.29, 0.717) is 34.3 Å². The largest absolute Gasteiger partial charge is 0.495 e. The highest BCUT2D eigenvalue weighted by atomic mass is 35.5. The molecular weight excluding hydrogens is 578 g/mol. The number of carbonyl (C=O) groups excluding carboxylic acids is 1. The number of benzene rings is 1. The molecule has 4 heterocycles. The van der Waals surface area contributed by atoms with Crippen molar-refractivity contribution in [2.45, 2.75) is 45.7 Å². The number of amides is 1. The van der Waals surface area contributed by atoms with E-state index in [0.717, 1.165) is 61.0 Å². The molecule has 2 N–H and O–H groups in total. The number of ether oxygens (including phenoxy) is 1. The fourth-order valence-electron chi connectivity index (χ4n) is 5.49. The van der Waals surface area contributed by atoms with Crippen LogP contribution in [-0.4, -0.2) is 94.2 Å². The Hall–Kier alpha value is -3.32. The molecule has 2 aromatic heterocycles. The van der Waals surface area contributed by atoms with Crippen LogP contribution in [0.4, 0.5) is 10.9 Å². The minimum atomic E-state index is -0.788. The van der Waals surface area contributed by atoms with Gasteiger partial charge in [-0.05, 0) is 50.9 Å². The third-order valence-electron chi connectivity index (χ3n) is 7.87. The number of aromatic nitrogens is 3. The van der Waals surface area contributed by atoms with Crippen LogP contribution >= 0.6 is 22.9 Å². The Kier molecular flexibility index (Phi) is 9.57. The molecule has 5 rings (SSSR count). The van der Waals surface area contributed by atoms with Crippen molar-refractivity contribution in [3.05, 3.63) is 45.7 Å². The quantitative estimate of drug-likeness (QED) is 0.340. The van der Waals surface area contributed by atoms with Crippen molar-refractivity contribution in [1.82, 2.24) is 24.8 Å². The van der Waals surface area contributed by atoms with Gasteiger partial charge in [0, 0.05) is 55.8 Å². The van der Waals surface area contributed by atoms with Crippen LogP contribution in [0.3, 0.4) is 0 Å². The van der Waals surface area contributed by atoms with Gasteiger partial charge in [0.05, 0.1) is 36.6 Å². The fourth-order valence-corrected chi connectivity index (χ4v) is 6.84. The molecule has 2 fully saturated rings. The lowest BCUT2D eigenvalue weighted by atomic mass is 10.1. The molecule has 0 bridgehead atoms. The van der Waals surface area contributed by atoms with E-state index in [1.165, 1.54) is 30.4 Å². The Labute approximate surface area is 254 Å². The SMILES string of the molecule is COc1c(C)cc(-c2nc(NC(=O)c3cnc(N4CCN(CCC(=O)O)CC4)cn3)sc2CN2CCCC2C)cc1Cl. The first kappa shape index (κ1) is 30.1. The van der Waals surface area contributed by atoms with Crippen molar-refractivity contribution in [3.63, 3.8) is 0 Å². The summed E-state index contributed by atoms with van der Waals surface area (Å²) in [5.41, 5.74) is 2.79. The van der Waals surface area contributed by atoms with Gasteiger partial charge < -0.3 is 14.7 Å². The number of rotatable bonds is 10. The number of hydrogen-bond donors (Lipinski definition) is 2. The zero-order valence-corrected chi connectivity index (χ0v) is 25.7. The maximum absolute atomic E-state index is 13.2. The number of aryl methyl sites for hydroxylation is 1. The van der Waals surface area contributed by atoms with Crippen molar-refractivity contribution in [3.8, 4) is 17.0 Å². The Morgan fingerprint density at radius 2 is 1.95 bits per heavy atom. The Balaban J connectivity index is 1.29. The molecule has 11 nitrogen and oxygen atoms in total. The summed E-state index contributed by atoms with van der Waals surface area (Å²) in [5.74, 6) is 0.164. The zero-order valence-electron chi connectivity index (χ0n) is 24.1. The lowest BCUT2D eigenvalue weighted by molar-refractivity contribution is -0.137. The molecule has 2 saturated heterocycles. The second-order valence-corrected chi connectivity index (χ2v) is 12.2. The first-order valence-corrected chi connectivity index (χ1v) is 15.3. The molecular formula is C29H36ClN7O4S. The van der Waals surface area contributed by atoms with Gasteiger partial charge in [-0.1, -0.05) is 22.9 Å². The first-order valence-electron chi connectivity index (χ1n) is 14.1. The molecule has 42 heavy (non-hydrogen) atoms. The van der Waals surface area contributed by atoms with E-state index in [4.69, 9.17) is 26.4 Å². The molecule has 1 aromatic carbocycles. The third kappa shape index (κ3) is 7.00. The predicted octanol–water partition coefficient (Wildman–Crippen LogP) is 4.40. The van der Waals surface area contributed by atoms with E-state index < -0.39 is 5.97 Å². The number of carbonyl (C=O) groups is 2. The van der Waals surface area contributed by atoms with Crippen molar-refractivity contribution in [1.29, 1.82) is 0 Å². The minimum Gasteiger partial charge on any atom is -0.495 e. The molecule has 2 aliphatic rings. The number of anilines is 2. The number of piperazine rings is 1. The summed E-state index contributed by atoms with van der Waals surface area (Å²) in [6, 6.07) is 4.36. The predicted molar refractivity (Wildman–Crippen MR) is 164 cm³/mol. The number of nitrogens with zero attached hydrogens (tertiary/aromatic N) is 6. The van der Waals surface area contributed by atoms with Crippen LogP contribution < -0.4 is 15.0 Å². The van der Waals surface area contributed by atoms with Crippen molar-refractivity contribution >= 4 is 45.8 Å². The van der Waals surface area contributed by atoms with Gasteiger partial charge >= 0.3 is 5.97 Å². The number of likely N-dealkylation sites (tertiary alicyclic amines) is 1. The lowest BCUT2D eigenvalue weighted by Gasteiger charge is -2.34. The van der Waals surface area contributed by atoms with E-state index >= 15 is 0 Å². The summed E-state index contributed by atoms with van der Waals surface area (Å²) < 4.78 is 5.44. The number of halogens is 1. The molecule has 2 aliphatic heterocycles. The summed E-state index contributed by atoms with van der Waals surface area (Å²) in [7, 11) is 1.60. The molecule has 13 heteroatoms. The van der Waals surface area contributed by atoms with Gasteiger partial charge in [0.15, 0.2) is 5.13 Å². The van der Waals surface area contributed by atoms with E-state index in [1.807, 2.05) is 19.1 Å². The molecule has 0 aliphatic carbocycles. The average Bonchev–Trinajstić information content (AvgIpc) is 3.57. The third-order valence-corrected chi connectivity index (χ3v) is 9.11. The van der Waals surface area contributed by atoms with Crippen molar-refractivity contribution in [2.24, 2.45) is 0 Å². The van der Waals surface area contributed by atoms with Crippen LogP contribution in [-0.2, 0) is 11.3 Å². The number of hydrogen-bond acceptors (Lipinski definition) is 10. The Bertz CT molecular complexity index is 1400. The molecule has 0 radical (unpaired) electrons. The molecule has 1 unspecified atom stereocenters. The van der Waals surface area contributed by atoms with Gasteiger partial charge in [0.25, 0.3) is 5.91 Å². The van der Waals surface area contributed by atoms with E-state index in [9.17, 15) is 9.59 Å². The maximum Gasteiger partial charge on any atom is 0.304 e. The van der Waals surface area contributed by atoms with Gasteiger partial charge in [-0.3, -0.25) is 24.7 Å². The molecule has 224 valence electrons. The van der Waals surface area contributed by atoms with Gasteiger partial charge in [-0.15, -0.1) is 0 Å². The van der Waals surface area contributed by atoms with Crippen molar-refractivity contribution < 1.29 is 19.4 Å². The number of carboxylic acid groups (broad SMARTS) is 1. The Morgan fingerprint density at radius 3 is 2.57 bits per heavy atom. The van der Waals surface area contributed by atoms with Gasteiger partial charge in [-0.25, -0.2) is 15.0 Å². The number of carboxylic acids is 1. The second kappa shape index (κ2) is 13.3. The minimum absolute atomic E-state index is 0.135. The van der Waals surface area contributed by atoms with E-state index in [1.54, 1.807) is 13.3 Å². The highest BCUT2D eigenvalue weighted by molar-refractivity contribution is 7.16. The summed E-state index contributed by atoms with van der Waals surface area (Å²) in [4.78, 5) is 45.4. The molecule has 0 spiro atoms. The van der Waals surface area contributed by atoms with E-state index in [2.05, 4.69) is 36.9 Å². The van der Waals surface area contributed by atoms with E-state index in [-0.39, 0.29) is 18.0 Å². The summed E-state index contributed by atoms with van der Waals surface area (Å²) in [5, 5.41) is 12.8. The van der Waals surface area contributed by atoms with Gasteiger partial charge in [-0.2, -0.15) is 0 Å². The monoisotopic (exact) mass is 613 g/mol. The van der Waals surface area contributed by atoms with Crippen LogP contribution in [0.15, 0.2) is 24.5 Å². The van der Waals surface area contributed by atoms with Crippen molar-refractivity contribution in [2.75, 3.05) is 56.6 Å². The fraction of sp³-hybridized carbons (Fsp3) is 0.483. The van der Waals surface area contributed by atoms with Crippen LogP contribution in [0.2, 0.25) is 5.02 Å². The number of methoxy groups -OCH3 is 1. The first-order chi connectivity index (χ1) is 20.2. The lowest BCUT2D eigenvalue weighted by Crippen LogP contribution is -2.47. The highest BCUT2D eigenvalue weighted by Gasteiger charge is 2.25. The van der Waals surface area contributed by atoms with Crippen LogP contribution in [0.1, 0.15) is 47.1 Å². The van der Waals surface area contributed by atoms with Crippen LogP contribution in [0, 0.1) is 6.92 Å². The summed E-state index contributed by atoms with van der Waals surface area (Å²) >= 11 is 7.99. The molecule has 1 atom stereocenters. The molecule has 3 aromatic rings. The smallest absolute Gasteiger partial charge is 0.304 e. The second-order valence-electron chi connectivity index (χ2n) is 10.7. The Morgan fingerprint density at radius 1 is 1.17 bits per heavy atom. The zero-order chi connectivity index (χ0) is 29.8. The summed E-state index contributed by atoms with van der Waals surface area (Å²) in [6.07, 6.45) is 5.56. The number of thiazole rings is 1. The van der Waals surface area contributed by atoms with Gasteiger partial charge in [0.2, 0.25) is 0 Å². The molecule has 0 saturated carbocycles. The topological polar surface area (TPSA) is 124 Å². The normalized spacial score (nSPS) is 17.9. The van der Waals surface area contributed by atoms with Crippen LogP contribution in [0.25, 0.3) is 11.3 Å². The highest BCUT2D eigenvalue weighted by Crippen LogP contribution is 2.38. The number of aliphatic carboxylic acids is 1. The average molecular weight is 614 g/mol.